The van der Waals surface area contributed by atoms with E-state index in [0.29, 0.717) is 12.1 Å². The van der Waals surface area contributed by atoms with E-state index in [4.69, 9.17) is 9.15 Å². The van der Waals surface area contributed by atoms with Gasteiger partial charge in [-0.3, -0.25) is 4.90 Å². The van der Waals surface area contributed by atoms with Gasteiger partial charge in [0.1, 0.15) is 5.58 Å². The van der Waals surface area contributed by atoms with Crippen molar-refractivity contribution >= 4 is 27.0 Å². The summed E-state index contributed by atoms with van der Waals surface area (Å²) < 4.78 is 36.3. The molecule has 0 saturated carbocycles. The van der Waals surface area contributed by atoms with E-state index in [9.17, 15) is 13.2 Å². The highest BCUT2D eigenvalue weighted by molar-refractivity contribution is 7.88. The van der Waals surface area contributed by atoms with Gasteiger partial charge in [-0.25, -0.2) is 17.9 Å². The molecule has 0 amide bonds. The predicted octanol–water partition coefficient (Wildman–Crippen LogP) is 2.12. The van der Waals surface area contributed by atoms with E-state index in [1.807, 2.05) is 24.3 Å². The van der Waals surface area contributed by atoms with E-state index in [2.05, 4.69) is 9.62 Å². The highest BCUT2D eigenvalue weighted by atomic mass is 32.2. The third-order valence-corrected chi connectivity index (χ3v) is 5.27. The van der Waals surface area contributed by atoms with Crippen LogP contribution < -0.4 is 4.72 Å². The van der Waals surface area contributed by atoms with E-state index < -0.39 is 16.0 Å². The second-order valence-corrected chi connectivity index (χ2v) is 8.35. The van der Waals surface area contributed by atoms with Crippen molar-refractivity contribution in [3.05, 3.63) is 35.6 Å². The van der Waals surface area contributed by atoms with Crippen molar-refractivity contribution < 1.29 is 22.4 Å². The number of hydrogen-bond donors (Lipinski definition) is 1. The van der Waals surface area contributed by atoms with E-state index in [1.165, 1.54) is 6.26 Å². The average Bonchev–Trinajstić information content (AvgIpc) is 2.94. The fourth-order valence-corrected chi connectivity index (χ4v) is 4.19. The topological polar surface area (TPSA) is 88.8 Å². The van der Waals surface area contributed by atoms with Crippen molar-refractivity contribution in [1.29, 1.82) is 0 Å². The highest BCUT2D eigenvalue weighted by Gasteiger charge is 2.26. The number of furan rings is 1. The van der Waals surface area contributed by atoms with Gasteiger partial charge in [0.05, 0.1) is 12.9 Å². The normalized spacial score (nSPS) is 16.8. The maximum absolute atomic E-state index is 12.3. The third-order valence-electron chi connectivity index (χ3n) is 4.51. The van der Waals surface area contributed by atoms with Crippen LogP contribution in [-0.2, 0) is 21.3 Å². The number of rotatable bonds is 6. The van der Waals surface area contributed by atoms with Crippen LogP contribution in [0.4, 0.5) is 0 Å². The van der Waals surface area contributed by atoms with Crippen LogP contribution in [-0.4, -0.2) is 51.3 Å². The first-order valence-electron chi connectivity index (χ1n) is 8.74. The van der Waals surface area contributed by atoms with Crippen LogP contribution in [0, 0.1) is 0 Å². The SMILES string of the molecule is CCOC(=O)c1oc2ccccc2c1CN1CCC(NS(C)(=O)=O)CC1. The molecule has 8 heteroatoms. The van der Waals surface area contributed by atoms with Gasteiger partial charge in [0.2, 0.25) is 15.8 Å². The lowest BCUT2D eigenvalue weighted by Gasteiger charge is -2.31. The molecule has 1 aromatic carbocycles. The Morgan fingerprint density at radius 1 is 1.31 bits per heavy atom. The summed E-state index contributed by atoms with van der Waals surface area (Å²) in [5.41, 5.74) is 1.49. The first kappa shape index (κ1) is 18.9. The Morgan fingerprint density at radius 3 is 2.65 bits per heavy atom. The summed E-state index contributed by atoms with van der Waals surface area (Å²) in [6.45, 7) is 4.11. The number of ether oxygens (including phenoxy) is 1. The first-order valence-corrected chi connectivity index (χ1v) is 10.6. The predicted molar refractivity (Wildman–Crippen MR) is 98.4 cm³/mol. The van der Waals surface area contributed by atoms with Gasteiger partial charge in [0.15, 0.2) is 0 Å². The van der Waals surface area contributed by atoms with Crippen molar-refractivity contribution in [1.82, 2.24) is 9.62 Å². The first-order chi connectivity index (χ1) is 12.4. The van der Waals surface area contributed by atoms with Crippen LogP contribution >= 0.6 is 0 Å². The summed E-state index contributed by atoms with van der Waals surface area (Å²) >= 11 is 0. The minimum atomic E-state index is -3.19. The molecular weight excluding hydrogens is 356 g/mol. The number of fused-ring (bicyclic) bond motifs is 1. The molecule has 0 atom stereocenters. The Bertz CT molecular complexity index is 882. The van der Waals surface area contributed by atoms with Crippen molar-refractivity contribution in [2.24, 2.45) is 0 Å². The molecule has 0 aliphatic carbocycles. The minimum absolute atomic E-state index is 0.0353. The second kappa shape index (κ2) is 7.77. The van der Waals surface area contributed by atoms with Gasteiger partial charge in [-0.15, -0.1) is 0 Å². The highest BCUT2D eigenvalue weighted by Crippen LogP contribution is 2.28. The van der Waals surface area contributed by atoms with Crippen molar-refractivity contribution in [3.8, 4) is 0 Å². The Hall–Kier alpha value is -1.90. The van der Waals surface area contributed by atoms with Crippen molar-refractivity contribution in [3.63, 3.8) is 0 Å². The molecule has 0 unspecified atom stereocenters. The van der Waals surface area contributed by atoms with Crippen LogP contribution in [0.1, 0.15) is 35.9 Å². The number of carbonyl (C=O) groups is 1. The zero-order valence-corrected chi connectivity index (χ0v) is 15.8. The van der Waals surface area contributed by atoms with Gasteiger partial charge >= 0.3 is 5.97 Å². The number of esters is 1. The maximum atomic E-state index is 12.3. The lowest BCUT2D eigenvalue weighted by molar-refractivity contribution is 0.0488. The monoisotopic (exact) mass is 380 g/mol. The van der Waals surface area contributed by atoms with Crippen LogP contribution in [0.5, 0.6) is 0 Å². The third kappa shape index (κ3) is 4.44. The van der Waals surface area contributed by atoms with E-state index in [0.717, 1.165) is 36.9 Å². The molecule has 142 valence electrons. The number of piperidine rings is 1. The Balaban J connectivity index is 1.76. The fraction of sp³-hybridized carbons (Fsp3) is 0.500. The van der Waals surface area contributed by atoms with E-state index >= 15 is 0 Å². The van der Waals surface area contributed by atoms with Gasteiger partial charge in [-0.2, -0.15) is 0 Å². The number of benzene rings is 1. The van der Waals surface area contributed by atoms with Crippen molar-refractivity contribution in [2.45, 2.75) is 32.4 Å². The largest absolute Gasteiger partial charge is 0.460 e. The molecule has 1 aliphatic rings. The standard InChI is InChI=1S/C18H24N2O5S/c1-3-24-18(21)17-15(14-6-4-5-7-16(14)25-17)12-20-10-8-13(9-11-20)19-26(2,22)23/h4-7,13,19H,3,8-12H2,1-2H3. The fourth-order valence-electron chi connectivity index (χ4n) is 3.35. The summed E-state index contributed by atoms with van der Waals surface area (Å²) in [5.74, 6) is -0.197. The molecule has 7 nitrogen and oxygen atoms in total. The average molecular weight is 380 g/mol. The van der Waals surface area contributed by atoms with Crippen LogP contribution in [0.3, 0.4) is 0 Å². The molecule has 1 N–H and O–H groups in total. The number of likely N-dealkylation sites (tertiary alicyclic amines) is 1. The van der Waals surface area contributed by atoms with Crippen LogP contribution in [0.15, 0.2) is 28.7 Å². The molecule has 0 bridgehead atoms. The summed E-state index contributed by atoms with van der Waals surface area (Å²) in [7, 11) is -3.19. The summed E-state index contributed by atoms with van der Waals surface area (Å²) in [5, 5.41) is 0.909. The Labute approximate surface area is 153 Å². The molecular formula is C18H24N2O5S. The quantitative estimate of drug-likeness (QED) is 0.772. The molecule has 1 fully saturated rings. The van der Waals surface area contributed by atoms with Gasteiger partial charge in [0, 0.05) is 36.6 Å². The number of hydrogen-bond acceptors (Lipinski definition) is 6. The van der Waals surface area contributed by atoms with Crippen LogP contribution in [0.25, 0.3) is 11.0 Å². The van der Waals surface area contributed by atoms with Gasteiger partial charge in [0.25, 0.3) is 0 Å². The van der Waals surface area contributed by atoms with Crippen molar-refractivity contribution in [2.75, 3.05) is 26.0 Å². The molecule has 1 aliphatic heterocycles. The Kier molecular flexibility index (Phi) is 5.64. The summed E-state index contributed by atoms with van der Waals surface area (Å²) in [6.07, 6.45) is 2.65. The van der Waals surface area contributed by atoms with Gasteiger partial charge in [-0.05, 0) is 25.8 Å². The molecule has 1 aromatic heterocycles. The Morgan fingerprint density at radius 2 is 2.00 bits per heavy atom. The number of nitrogens with zero attached hydrogens (tertiary/aromatic N) is 1. The number of carbonyl (C=O) groups excluding carboxylic acids is 1. The zero-order valence-electron chi connectivity index (χ0n) is 15.0. The smallest absolute Gasteiger partial charge is 0.374 e. The molecule has 2 aromatic rings. The lowest BCUT2D eigenvalue weighted by Crippen LogP contribution is -2.44. The maximum Gasteiger partial charge on any atom is 0.374 e. The molecule has 26 heavy (non-hydrogen) atoms. The molecule has 0 radical (unpaired) electrons. The van der Waals surface area contributed by atoms with E-state index in [1.54, 1.807) is 6.92 Å². The lowest BCUT2D eigenvalue weighted by atomic mass is 10.0. The van der Waals surface area contributed by atoms with Gasteiger partial charge in [-0.1, -0.05) is 18.2 Å². The molecule has 3 rings (SSSR count). The van der Waals surface area contributed by atoms with E-state index in [-0.39, 0.29) is 18.4 Å². The zero-order chi connectivity index (χ0) is 18.7. The molecule has 0 spiro atoms. The number of para-hydroxylation sites is 1. The minimum Gasteiger partial charge on any atom is -0.460 e. The number of nitrogens with one attached hydrogen (secondary N) is 1. The van der Waals surface area contributed by atoms with Crippen LogP contribution in [0.2, 0.25) is 0 Å². The summed E-state index contributed by atoms with van der Waals surface area (Å²) in [4.78, 5) is 14.5. The van der Waals surface area contributed by atoms with Gasteiger partial charge < -0.3 is 9.15 Å². The molecule has 2 heterocycles. The number of sulfonamides is 1. The molecule has 1 saturated heterocycles. The second-order valence-electron chi connectivity index (χ2n) is 6.57. The summed E-state index contributed by atoms with van der Waals surface area (Å²) in [6, 6.07) is 7.52.